The van der Waals surface area contributed by atoms with Gasteiger partial charge >= 0.3 is 0 Å². The number of fused-ring (bicyclic) bond motifs is 4. The monoisotopic (exact) mass is 786 g/mol. The number of nitro benzene ring substituents is 1. The summed E-state index contributed by atoms with van der Waals surface area (Å²) >= 11 is 19.2. The second-order valence-electron chi connectivity index (χ2n) is 13.7. The summed E-state index contributed by atoms with van der Waals surface area (Å²) in [5.74, 6) is -6.86. The first-order valence-corrected chi connectivity index (χ1v) is 18.1. The predicted octanol–water partition coefficient (Wildman–Crippen LogP) is 7.46. The summed E-state index contributed by atoms with van der Waals surface area (Å²) in [6, 6.07) is 21.0. The molecule has 6 atom stereocenters. The third kappa shape index (κ3) is 5.26. The number of rotatable bonds is 7. The van der Waals surface area contributed by atoms with E-state index in [-0.39, 0.29) is 51.3 Å². The summed E-state index contributed by atoms with van der Waals surface area (Å²) < 4.78 is 5.42. The molecule has 1 saturated carbocycles. The number of allylic oxidation sites excluding steroid dienone is 2. The molecule has 0 aromatic heterocycles. The number of nitrogens with one attached hydrogen (secondary N) is 1. The minimum Gasteiger partial charge on any atom is -0.508 e. The number of anilines is 2. The van der Waals surface area contributed by atoms with Crippen molar-refractivity contribution in [1.82, 2.24) is 5.01 Å². The van der Waals surface area contributed by atoms with Gasteiger partial charge in [-0.1, -0.05) is 64.7 Å². The van der Waals surface area contributed by atoms with Gasteiger partial charge in [-0.25, -0.2) is 4.90 Å². The molecule has 15 heteroatoms. The second kappa shape index (κ2) is 13.2. The fraction of sp³-hybridized carbons (Fsp3) is 0.231. The number of nitro groups is 1. The first-order valence-electron chi connectivity index (χ1n) is 16.9. The maximum Gasteiger partial charge on any atom is 0.271 e. The highest BCUT2D eigenvalue weighted by atomic mass is 35.5. The third-order valence-electron chi connectivity index (χ3n) is 11.2. The minimum atomic E-state index is -1.71. The molecular weight excluding hydrogens is 759 g/mol. The number of imide groups is 2. The van der Waals surface area contributed by atoms with Crippen LogP contribution in [0.1, 0.15) is 29.9 Å². The van der Waals surface area contributed by atoms with Gasteiger partial charge in [-0.05, 0) is 78.9 Å². The molecule has 8 rings (SSSR count). The van der Waals surface area contributed by atoms with E-state index in [2.05, 4.69) is 5.43 Å². The van der Waals surface area contributed by atoms with E-state index in [0.717, 1.165) is 9.91 Å². The molecule has 4 aliphatic rings. The van der Waals surface area contributed by atoms with Gasteiger partial charge in [0, 0.05) is 33.7 Å². The Labute approximate surface area is 323 Å². The van der Waals surface area contributed by atoms with Crippen molar-refractivity contribution >= 4 is 75.5 Å². The van der Waals surface area contributed by atoms with Crippen LogP contribution in [0.4, 0.5) is 17.1 Å². The van der Waals surface area contributed by atoms with Crippen LogP contribution < -0.4 is 15.1 Å². The maximum atomic E-state index is 15.3. The fourth-order valence-corrected chi connectivity index (χ4v) is 9.58. The average Bonchev–Trinajstić information content (AvgIpc) is 3.54. The van der Waals surface area contributed by atoms with Gasteiger partial charge in [0.2, 0.25) is 11.8 Å². The number of phenolic OH excluding ortho intramolecular Hbond substituents is 1. The lowest BCUT2D eigenvalue weighted by Crippen LogP contribution is -2.53. The first kappa shape index (κ1) is 35.6. The highest BCUT2D eigenvalue weighted by Gasteiger charge is 2.70. The Morgan fingerprint density at radius 1 is 0.889 bits per heavy atom. The number of benzene rings is 4. The van der Waals surface area contributed by atoms with Gasteiger partial charge in [0.1, 0.15) is 11.5 Å². The average molecular weight is 788 g/mol. The smallest absolute Gasteiger partial charge is 0.271 e. The number of methoxy groups -OCH3 is 1. The Bertz CT molecular complexity index is 2330. The Hall–Kier alpha value is -5.43. The van der Waals surface area contributed by atoms with Crippen molar-refractivity contribution in [3.05, 3.63) is 133 Å². The summed E-state index contributed by atoms with van der Waals surface area (Å²) in [5.41, 5.74) is 2.48. The van der Waals surface area contributed by atoms with E-state index in [1.54, 1.807) is 36.4 Å². The molecule has 2 N–H and O–H groups in total. The lowest BCUT2D eigenvalue weighted by molar-refractivity contribution is -0.384. The highest BCUT2D eigenvalue weighted by Crippen LogP contribution is 2.65. The van der Waals surface area contributed by atoms with Crippen LogP contribution in [0.2, 0.25) is 15.1 Å². The SMILES string of the molecule is COc1ccc(C23C(=O)N(Nc4ccc(Cl)cc4Cl)C(=O)C2CC2C(=CCC4C(=O)N(c5cccc([N+](=O)[O-])c5)C(=O)C42)C3c2cc(Cl)ccc2O)cc1. The molecule has 0 bridgehead atoms. The lowest BCUT2D eigenvalue weighted by atomic mass is 9.49. The van der Waals surface area contributed by atoms with E-state index in [1.807, 2.05) is 6.08 Å². The van der Waals surface area contributed by atoms with Crippen LogP contribution in [-0.4, -0.2) is 45.8 Å². The summed E-state index contributed by atoms with van der Waals surface area (Å²) in [6.07, 6.45) is 1.89. The van der Waals surface area contributed by atoms with Crippen LogP contribution in [0, 0.1) is 33.8 Å². The summed E-state index contributed by atoms with van der Waals surface area (Å²) in [6.45, 7) is 0. The molecule has 4 aromatic carbocycles. The van der Waals surface area contributed by atoms with Crippen molar-refractivity contribution in [3.63, 3.8) is 0 Å². The zero-order valence-corrected chi connectivity index (χ0v) is 30.5. The molecule has 0 radical (unpaired) electrons. The zero-order chi connectivity index (χ0) is 38.2. The Kier molecular flexibility index (Phi) is 8.67. The first-order chi connectivity index (χ1) is 25.9. The number of nitrogens with zero attached hydrogens (tertiary/aromatic N) is 3. The van der Waals surface area contributed by atoms with Crippen LogP contribution >= 0.6 is 34.8 Å². The van der Waals surface area contributed by atoms with Gasteiger partial charge in [-0.2, -0.15) is 5.01 Å². The number of halogens is 3. The topological polar surface area (TPSA) is 159 Å². The number of phenols is 1. The summed E-state index contributed by atoms with van der Waals surface area (Å²) in [7, 11) is 1.50. The van der Waals surface area contributed by atoms with E-state index in [1.165, 1.54) is 55.6 Å². The largest absolute Gasteiger partial charge is 0.508 e. The third-order valence-corrected chi connectivity index (χ3v) is 12.0. The second-order valence-corrected chi connectivity index (χ2v) is 15.0. The number of non-ortho nitro benzene ring substituents is 1. The molecule has 274 valence electrons. The van der Waals surface area contributed by atoms with Crippen molar-refractivity contribution in [2.45, 2.75) is 24.2 Å². The van der Waals surface area contributed by atoms with Crippen molar-refractivity contribution in [1.29, 1.82) is 0 Å². The number of ether oxygens (including phenoxy) is 1. The molecule has 4 amide bonds. The van der Waals surface area contributed by atoms with E-state index in [0.29, 0.717) is 21.9 Å². The standard InChI is InChI=1S/C39H29Cl3N4O8/c1-54-24-9-5-19(6-10-24)39-29(36(49)45(38(39)51)43-31-13-7-21(41)16-30(31)42)18-27-25(34(39)28-15-20(40)8-14-32(28)47)11-12-26-33(27)37(50)44(35(26)48)22-3-2-4-23(17-22)46(52)53/h2-11,13-17,26-27,29,33-34,43,47H,12,18H2,1H3. The molecule has 0 spiro atoms. The summed E-state index contributed by atoms with van der Waals surface area (Å²) in [4.78, 5) is 70.7. The summed E-state index contributed by atoms with van der Waals surface area (Å²) in [5, 5.41) is 24.8. The number of hydrazine groups is 1. The number of carbonyl (C=O) groups is 4. The molecule has 4 aromatic rings. The molecule has 2 aliphatic carbocycles. The molecule has 2 saturated heterocycles. The number of aromatic hydroxyl groups is 1. The van der Waals surface area contributed by atoms with Crippen LogP contribution in [0.5, 0.6) is 11.5 Å². The molecule has 6 unspecified atom stereocenters. The van der Waals surface area contributed by atoms with Crippen molar-refractivity contribution < 1.29 is 33.9 Å². The molecule has 3 fully saturated rings. The highest BCUT2D eigenvalue weighted by molar-refractivity contribution is 6.36. The quantitative estimate of drug-likeness (QED) is 0.0839. The van der Waals surface area contributed by atoms with Crippen LogP contribution in [0.15, 0.2) is 96.6 Å². The Balaban J connectivity index is 1.33. The Morgan fingerprint density at radius 3 is 2.31 bits per heavy atom. The zero-order valence-electron chi connectivity index (χ0n) is 28.2. The molecule has 12 nitrogen and oxygen atoms in total. The van der Waals surface area contributed by atoms with Crippen LogP contribution in [0.25, 0.3) is 0 Å². The number of carbonyl (C=O) groups excluding carboxylic acids is 4. The van der Waals surface area contributed by atoms with Crippen molar-refractivity contribution in [2.75, 3.05) is 17.4 Å². The number of hydrogen-bond donors (Lipinski definition) is 2. The van der Waals surface area contributed by atoms with Gasteiger partial charge in [0.15, 0.2) is 0 Å². The normalized spacial score (nSPS) is 25.9. The van der Waals surface area contributed by atoms with Gasteiger partial charge in [0.05, 0.1) is 51.6 Å². The molecule has 2 aliphatic heterocycles. The fourth-order valence-electron chi connectivity index (χ4n) is 8.94. The number of hydrogen-bond acceptors (Lipinski definition) is 9. The van der Waals surface area contributed by atoms with Crippen LogP contribution in [-0.2, 0) is 24.6 Å². The van der Waals surface area contributed by atoms with E-state index >= 15 is 4.79 Å². The minimum absolute atomic E-state index is 0.0320. The van der Waals surface area contributed by atoms with E-state index in [4.69, 9.17) is 39.5 Å². The van der Waals surface area contributed by atoms with E-state index < -0.39 is 63.6 Å². The van der Waals surface area contributed by atoms with Crippen molar-refractivity contribution in [3.8, 4) is 11.5 Å². The van der Waals surface area contributed by atoms with Crippen LogP contribution in [0.3, 0.4) is 0 Å². The van der Waals surface area contributed by atoms with Crippen molar-refractivity contribution in [2.24, 2.45) is 23.7 Å². The number of amides is 4. The van der Waals surface area contributed by atoms with Gasteiger partial charge < -0.3 is 9.84 Å². The maximum absolute atomic E-state index is 15.3. The molecular formula is C39H29Cl3N4O8. The predicted molar refractivity (Wildman–Crippen MR) is 199 cm³/mol. The lowest BCUT2D eigenvalue weighted by Gasteiger charge is -2.50. The Morgan fingerprint density at radius 2 is 1.61 bits per heavy atom. The van der Waals surface area contributed by atoms with Gasteiger partial charge in [-0.15, -0.1) is 0 Å². The van der Waals surface area contributed by atoms with E-state index in [9.17, 15) is 29.6 Å². The molecule has 2 heterocycles. The van der Waals surface area contributed by atoms with Gasteiger partial charge in [0.25, 0.3) is 17.5 Å². The molecule has 54 heavy (non-hydrogen) atoms. The van der Waals surface area contributed by atoms with Gasteiger partial charge in [-0.3, -0.25) is 34.7 Å².